The van der Waals surface area contributed by atoms with Gasteiger partial charge in [0.05, 0.1) is 5.69 Å². The van der Waals surface area contributed by atoms with E-state index in [1.165, 1.54) is 12.1 Å². The van der Waals surface area contributed by atoms with Crippen LogP contribution in [-0.4, -0.2) is 35.4 Å². The molecule has 0 radical (unpaired) electrons. The summed E-state index contributed by atoms with van der Waals surface area (Å²) in [7, 11) is -1.29. The normalized spacial score (nSPS) is 11.4. The van der Waals surface area contributed by atoms with Crippen molar-refractivity contribution in [2.75, 3.05) is 17.7 Å². The molecular formula is C28H33FN6O3Si. The van der Waals surface area contributed by atoms with E-state index in [0.29, 0.717) is 40.9 Å². The highest BCUT2D eigenvalue weighted by atomic mass is 28.3. The summed E-state index contributed by atoms with van der Waals surface area (Å²) in [6.45, 7) is 7.70. The van der Waals surface area contributed by atoms with Crippen molar-refractivity contribution in [1.29, 1.82) is 0 Å². The van der Waals surface area contributed by atoms with Gasteiger partial charge >= 0.3 is 0 Å². The van der Waals surface area contributed by atoms with Crippen LogP contribution in [0.3, 0.4) is 0 Å². The Kier molecular flexibility index (Phi) is 8.62. The summed E-state index contributed by atoms with van der Waals surface area (Å²) in [5.41, 5.74) is 14.3. The number of hydrogen-bond donors (Lipinski definition) is 3. The number of benzene rings is 2. The SMILES string of the molecule is C[Si](C)(C)CCOCn1nc(-c2ccc(N)c(OCc3ccc(F)cc3)c2)c(C(N)=O)c1Nc1ccccn1. The highest BCUT2D eigenvalue weighted by molar-refractivity contribution is 6.76. The highest BCUT2D eigenvalue weighted by Crippen LogP contribution is 2.34. The predicted molar refractivity (Wildman–Crippen MR) is 153 cm³/mol. The summed E-state index contributed by atoms with van der Waals surface area (Å²) >= 11 is 0. The number of halogens is 1. The van der Waals surface area contributed by atoms with Crippen molar-refractivity contribution in [2.24, 2.45) is 5.73 Å². The van der Waals surface area contributed by atoms with E-state index in [9.17, 15) is 9.18 Å². The molecule has 0 aliphatic heterocycles. The van der Waals surface area contributed by atoms with Gasteiger partial charge in [-0.2, -0.15) is 5.10 Å². The number of primary amides is 1. The first-order chi connectivity index (χ1) is 18.6. The Morgan fingerprint density at radius 3 is 2.54 bits per heavy atom. The van der Waals surface area contributed by atoms with Gasteiger partial charge in [0.2, 0.25) is 0 Å². The summed E-state index contributed by atoms with van der Waals surface area (Å²) in [4.78, 5) is 17.1. The number of nitrogens with one attached hydrogen (secondary N) is 1. The van der Waals surface area contributed by atoms with Crippen LogP contribution in [0.2, 0.25) is 25.7 Å². The van der Waals surface area contributed by atoms with Gasteiger partial charge in [0.1, 0.15) is 47.8 Å². The molecule has 5 N–H and O–H groups in total. The molecule has 11 heteroatoms. The third kappa shape index (κ3) is 7.42. The van der Waals surface area contributed by atoms with Crippen LogP contribution in [0.4, 0.5) is 21.7 Å². The number of rotatable bonds is 12. The molecule has 0 bridgehead atoms. The van der Waals surface area contributed by atoms with Crippen molar-refractivity contribution in [3.63, 3.8) is 0 Å². The van der Waals surface area contributed by atoms with E-state index >= 15 is 0 Å². The number of hydrogen-bond acceptors (Lipinski definition) is 7. The van der Waals surface area contributed by atoms with Crippen molar-refractivity contribution in [2.45, 2.75) is 39.0 Å². The van der Waals surface area contributed by atoms with Gasteiger partial charge in [-0.25, -0.2) is 14.1 Å². The second-order valence-corrected chi connectivity index (χ2v) is 15.9. The van der Waals surface area contributed by atoms with Crippen LogP contribution in [0.1, 0.15) is 15.9 Å². The Labute approximate surface area is 228 Å². The largest absolute Gasteiger partial charge is 0.487 e. The Morgan fingerprint density at radius 2 is 1.87 bits per heavy atom. The van der Waals surface area contributed by atoms with Crippen LogP contribution >= 0.6 is 0 Å². The Morgan fingerprint density at radius 1 is 1.10 bits per heavy atom. The predicted octanol–water partition coefficient (Wildman–Crippen LogP) is 5.40. The third-order valence-corrected chi connectivity index (χ3v) is 7.62. The molecule has 39 heavy (non-hydrogen) atoms. The molecule has 0 aliphatic carbocycles. The van der Waals surface area contributed by atoms with Crippen LogP contribution in [0.15, 0.2) is 66.9 Å². The van der Waals surface area contributed by atoms with Crippen molar-refractivity contribution in [3.05, 3.63) is 83.8 Å². The third-order valence-electron chi connectivity index (χ3n) is 5.91. The lowest BCUT2D eigenvalue weighted by Gasteiger charge is -2.16. The number of amides is 1. The molecule has 4 rings (SSSR count). The molecule has 0 aliphatic rings. The van der Waals surface area contributed by atoms with Crippen LogP contribution in [-0.2, 0) is 18.1 Å². The zero-order chi connectivity index (χ0) is 28.0. The first kappa shape index (κ1) is 27.8. The lowest BCUT2D eigenvalue weighted by Crippen LogP contribution is -2.22. The van der Waals surface area contributed by atoms with E-state index in [4.69, 9.17) is 26.0 Å². The molecule has 2 heterocycles. The molecule has 204 valence electrons. The molecule has 4 aromatic rings. The van der Waals surface area contributed by atoms with Crippen LogP contribution in [0, 0.1) is 5.82 Å². The standard InChI is InChI=1S/C28H33FN6O3Si/c1-39(2,3)15-14-37-18-35-28(33-24-6-4-5-13-32-24)25(27(31)36)26(34-35)20-9-12-22(30)23(16-20)38-17-19-7-10-21(29)11-8-19/h4-13,16H,14-15,17-18,30H2,1-3H3,(H2,31,36)(H,32,33). The van der Waals surface area contributed by atoms with Gasteiger partial charge in [-0.3, -0.25) is 4.79 Å². The van der Waals surface area contributed by atoms with Crippen LogP contribution in [0.25, 0.3) is 11.3 Å². The topological polar surface area (TPSA) is 130 Å². The zero-order valence-electron chi connectivity index (χ0n) is 22.3. The fourth-order valence-corrected chi connectivity index (χ4v) is 4.51. The monoisotopic (exact) mass is 548 g/mol. The van der Waals surface area contributed by atoms with Crippen molar-refractivity contribution < 1.29 is 18.7 Å². The lowest BCUT2D eigenvalue weighted by molar-refractivity contribution is 0.0802. The van der Waals surface area contributed by atoms with Crippen molar-refractivity contribution >= 4 is 31.3 Å². The number of nitrogens with zero attached hydrogens (tertiary/aromatic N) is 3. The number of carbonyl (C=O) groups excluding carboxylic acids is 1. The molecule has 1 amide bonds. The van der Waals surface area contributed by atoms with Crippen LogP contribution < -0.4 is 21.5 Å². The fourth-order valence-electron chi connectivity index (χ4n) is 3.75. The summed E-state index contributed by atoms with van der Waals surface area (Å²) < 4.78 is 26.7. The van der Waals surface area contributed by atoms with E-state index < -0.39 is 14.0 Å². The van der Waals surface area contributed by atoms with E-state index in [1.807, 2.05) is 6.07 Å². The number of aromatic nitrogens is 3. The Bertz CT molecular complexity index is 1420. The highest BCUT2D eigenvalue weighted by Gasteiger charge is 2.25. The molecule has 0 unspecified atom stereocenters. The van der Waals surface area contributed by atoms with Gasteiger partial charge in [0.25, 0.3) is 5.91 Å². The smallest absolute Gasteiger partial charge is 0.254 e. The average Bonchev–Trinajstić information content (AvgIpc) is 3.25. The molecule has 2 aromatic heterocycles. The quantitative estimate of drug-likeness (QED) is 0.123. The van der Waals surface area contributed by atoms with Crippen molar-refractivity contribution in [3.8, 4) is 17.0 Å². The maximum absolute atomic E-state index is 13.3. The molecule has 0 spiro atoms. The molecular weight excluding hydrogens is 515 g/mol. The zero-order valence-corrected chi connectivity index (χ0v) is 23.3. The molecule has 0 fully saturated rings. The number of nitrogens with two attached hydrogens (primary N) is 2. The molecule has 0 atom stereocenters. The average molecular weight is 549 g/mol. The minimum absolute atomic E-state index is 0.114. The minimum atomic E-state index is -1.29. The summed E-state index contributed by atoms with van der Waals surface area (Å²) in [6, 6.07) is 17.5. The van der Waals surface area contributed by atoms with Gasteiger partial charge in [0, 0.05) is 26.4 Å². The molecule has 2 aromatic carbocycles. The second-order valence-electron chi connectivity index (χ2n) is 10.3. The van der Waals surface area contributed by atoms with E-state index in [1.54, 1.807) is 53.3 Å². The van der Waals surface area contributed by atoms with Crippen LogP contribution in [0.5, 0.6) is 5.75 Å². The van der Waals surface area contributed by atoms with E-state index in [0.717, 1.165) is 11.6 Å². The number of ether oxygens (including phenoxy) is 2. The molecule has 9 nitrogen and oxygen atoms in total. The van der Waals surface area contributed by atoms with Gasteiger partial charge < -0.3 is 26.3 Å². The number of anilines is 3. The molecule has 0 saturated carbocycles. The first-order valence-electron chi connectivity index (χ1n) is 12.5. The maximum atomic E-state index is 13.3. The van der Waals surface area contributed by atoms with Gasteiger partial charge in [-0.05, 0) is 48.0 Å². The molecule has 0 saturated heterocycles. The summed E-state index contributed by atoms with van der Waals surface area (Å²) in [5.74, 6) is 0.300. The number of nitrogen functional groups attached to an aromatic ring is 1. The van der Waals surface area contributed by atoms with Gasteiger partial charge in [0.15, 0.2) is 0 Å². The second kappa shape index (κ2) is 12.1. The number of pyridine rings is 1. The minimum Gasteiger partial charge on any atom is -0.487 e. The summed E-state index contributed by atoms with van der Waals surface area (Å²) in [5, 5.41) is 7.88. The van der Waals surface area contributed by atoms with Gasteiger partial charge in [-0.15, -0.1) is 0 Å². The van der Waals surface area contributed by atoms with Crippen molar-refractivity contribution in [1.82, 2.24) is 14.8 Å². The van der Waals surface area contributed by atoms with E-state index in [-0.39, 0.29) is 24.7 Å². The first-order valence-corrected chi connectivity index (χ1v) is 16.2. The fraction of sp³-hybridized carbons (Fsp3) is 0.250. The Hall–Kier alpha value is -4.22. The van der Waals surface area contributed by atoms with E-state index in [2.05, 4.69) is 29.9 Å². The van der Waals surface area contributed by atoms with Gasteiger partial charge in [-0.1, -0.05) is 43.9 Å². The lowest BCUT2D eigenvalue weighted by atomic mass is 10.1. The Balaban J connectivity index is 1.68. The summed E-state index contributed by atoms with van der Waals surface area (Å²) in [6.07, 6.45) is 1.64. The maximum Gasteiger partial charge on any atom is 0.254 e. The number of carbonyl (C=O) groups is 1.